The Balaban J connectivity index is 1.36. The van der Waals surface area contributed by atoms with Crippen LogP contribution >= 0.6 is 0 Å². The molecule has 2 aliphatic heterocycles. The van der Waals surface area contributed by atoms with Crippen LogP contribution in [0.3, 0.4) is 0 Å². The molecule has 2 aliphatic rings. The number of esters is 1. The van der Waals surface area contributed by atoms with Gasteiger partial charge in [-0.2, -0.15) is 0 Å². The molecule has 0 radical (unpaired) electrons. The predicted molar refractivity (Wildman–Crippen MR) is 114 cm³/mol. The van der Waals surface area contributed by atoms with Crippen molar-refractivity contribution in [3.05, 3.63) is 59.7 Å². The van der Waals surface area contributed by atoms with E-state index in [1.807, 2.05) is 35.2 Å². The zero-order valence-corrected chi connectivity index (χ0v) is 17.0. The molecule has 0 spiro atoms. The van der Waals surface area contributed by atoms with Crippen LogP contribution in [0, 0.1) is 0 Å². The summed E-state index contributed by atoms with van der Waals surface area (Å²) in [6, 6.07) is 16.0. The summed E-state index contributed by atoms with van der Waals surface area (Å²) in [5.74, 6) is -0.144. The molecule has 6 heteroatoms. The number of carbonyl (C=O) groups excluding carboxylic acids is 2. The largest absolute Gasteiger partial charge is 0.465 e. The van der Waals surface area contributed by atoms with E-state index >= 15 is 0 Å². The number of amides is 1. The summed E-state index contributed by atoms with van der Waals surface area (Å²) < 4.78 is 4.76. The van der Waals surface area contributed by atoms with Crippen molar-refractivity contribution < 1.29 is 14.3 Å². The number of carbonyl (C=O) groups is 2. The Bertz CT molecular complexity index is 896. The summed E-state index contributed by atoms with van der Waals surface area (Å²) in [6.07, 6.45) is 0.937. The fraction of sp³-hybridized carbons (Fsp3) is 0.391. The van der Waals surface area contributed by atoms with Crippen LogP contribution in [-0.4, -0.2) is 62.7 Å². The van der Waals surface area contributed by atoms with Gasteiger partial charge in [-0.1, -0.05) is 18.2 Å². The van der Waals surface area contributed by atoms with Gasteiger partial charge in [-0.15, -0.1) is 0 Å². The molecule has 1 saturated heterocycles. The number of nitrogens with zero attached hydrogens (tertiary/aromatic N) is 3. The first-order valence-electron chi connectivity index (χ1n) is 10.1. The lowest BCUT2D eigenvalue weighted by atomic mass is 10.1. The molecule has 1 amide bonds. The molecule has 0 N–H and O–H groups in total. The highest BCUT2D eigenvalue weighted by atomic mass is 16.5. The summed E-state index contributed by atoms with van der Waals surface area (Å²) in [4.78, 5) is 31.0. The summed E-state index contributed by atoms with van der Waals surface area (Å²) in [7, 11) is 1.39. The minimum absolute atomic E-state index is 0.178. The summed E-state index contributed by atoms with van der Waals surface area (Å²) >= 11 is 0. The molecular formula is C23H27N3O3. The van der Waals surface area contributed by atoms with Crippen LogP contribution in [0.5, 0.6) is 0 Å². The molecule has 1 fully saturated rings. The van der Waals surface area contributed by atoms with Gasteiger partial charge in [0, 0.05) is 43.6 Å². The Morgan fingerprint density at radius 2 is 1.79 bits per heavy atom. The highest BCUT2D eigenvalue weighted by Gasteiger charge is 2.29. The van der Waals surface area contributed by atoms with Gasteiger partial charge >= 0.3 is 5.97 Å². The Kier molecular flexibility index (Phi) is 5.53. The maximum Gasteiger partial charge on any atom is 0.337 e. The maximum absolute atomic E-state index is 12.9. The summed E-state index contributed by atoms with van der Waals surface area (Å²) in [5, 5.41) is 0. The lowest BCUT2D eigenvalue weighted by molar-refractivity contribution is -0.120. The second-order valence-electron chi connectivity index (χ2n) is 7.73. The minimum Gasteiger partial charge on any atom is -0.465 e. The molecular weight excluding hydrogens is 366 g/mol. The lowest BCUT2D eigenvalue weighted by Crippen LogP contribution is -2.54. The molecule has 29 heavy (non-hydrogen) atoms. The van der Waals surface area contributed by atoms with Crippen molar-refractivity contribution in [3.63, 3.8) is 0 Å². The topological polar surface area (TPSA) is 53.1 Å². The third-order valence-electron chi connectivity index (χ3n) is 5.95. The van der Waals surface area contributed by atoms with Crippen LogP contribution in [0.2, 0.25) is 0 Å². The van der Waals surface area contributed by atoms with E-state index in [9.17, 15) is 9.59 Å². The molecule has 1 unspecified atom stereocenters. The number of para-hydroxylation sites is 1. The first-order chi connectivity index (χ1) is 14.1. The van der Waals surface area contributed by atoms with Crippen molar-refractivity contribution in [1.29, 1.82) is 0 Å². The highest BCUT2D eigenvalue weighted by Crippen LogP contribution is 2.28. The van der Waals surface area contributed by atoms with E-state index in [0.717, 1.165) is 44.0 Å². The fourth-order valence-electron chi connectivity index (χ4n) is 4.25. The average Bonchev–Trinajstić information content (AvgIpc) is 3.19. The molecule has 2 aromatic carbocycles. The van der Waals surface area contributed by atoms with E-state index in [-0.39, 0.29) is 17.9 Å². The monoisotopic (exact) mass is 393 g/mol. The van der Waals surface area contributed by atoms with Gasteiger partial charge in [-0.3, -0.25) is 9.69 Å². The van der Waals surface area contributed by atoms with Crippen molar-refractivity contribution in [2.75, 3.05) is 49.6 Å². The standard InChI is InChI=1S/C23H27N3O3/c1-17-15-25(20-9-7-19(8-10-20)23(28)29-2)14-13-24(17)16-22(27)26-12-11-18-5-3-4-6-21(18)26/h3-10,17H,11-16H2,1-2H3. The molecule has 0 bridgehead atoms. The third kappa shape index (κ3) is 3.98. The van der Waals surface area contributed by atoms with Crippen molar-refractivity contribution in [2.45, 2.75) is 19.4 Å². The third-order valence-corrected chi connectivity index (χ3v) is 5.95. The Morgan fingerprint density at radius 3 is 2.52 bits per heavy atom. The second-order valence-corrected chi connectivity index (χ2v) is 7.73. The number of benzene rings is 2. The minimum atomic E-state index is -0.322. The van der Waals surface area contributed by atoms with Crippen molar-refractivity contribution in [2.24, 2.45) is 0 Å². The van der Waals surface area contributed by atoms with Gasteiger partial charge in [-0.05, 0) is 49.2 Å². The first-order valence-corrected chi connectivity index (χ1v) is 10.1. The van der Waals surface area contributed by atoms with Crippen LogP contribution in [0.25, 0.3) is 0 Å². The average molecular weight is 393 g/mol. The van der Waals surface area contributed by atoms with Crippen molar-refractivity contribution in [3.8, 4) is 0 Å². The van der Waals surface area contributed by atoms with Crippen LogP contribution in [-0.2, 0) is 16.0 Å². The molecule has 1 atom stereocenters. The zero-order valence-electron chi connectivity index (χ0n) is 17.0. The maximum atomic E-state index is 12.9. The zero-order chi connectivity index (χ0) is 20.4. The second kappa shape index (κ2) is 8.25. The highest BCUT2D eigenvalue weighted by molar-refractivity contribution is 5.96. The number of anilines is 2. The van der Waals surface area contributed by atoms with Crippen molar-refractivity contribution in [1.82, 2.24) is 4.90 Å². The van der Waals surface area contributed by atoms with E-state index in [0.29, 0.717) is 12.1 Å². The number of rotatable bonds is 4. The van der Waals surface area contributed by atoms with Gasteiger partial charge in [0.1, 0.15) is 0 Å². The number of methoxy groups -OCH3 is 1. The molecule has 0 aliphatic carbocycles. The van der Waals surface area contributed by atoms with E-state index in [1.54, 1.807) is 12.1 Å². The Hall–Kier alpha value is -2.86. The van der Waals surface area contributed by atoms with Crippen LogP contribution < -0.4 is 9.80 Å². The normalized spacial score (nSPS) is 19.2. The van der Waals surface area contributed by atoms with Gasteiger partial charge in [0.25, 0.3) is 0 Å². The molecule has 0 saturated carbocycles. The molecule has 0 aromatic heterocycles. The number of ether oxygens (including phenoxy) is 1. The lowest BCUT2D eigenvalue weighted by Gasteiger charge is -2.41. The molecule has 6 nitrogen and oxygen atoms in total. The van der Waals surface area contributed by atoms with Gasteiger partial charge in [-0.25, -0.2) is 4.79 Å². The van der Waals surface area contributed by atoms with Crippen LogP contribution in [0.15, 0.2) is 48.5 Å². The number of hydrogen-bond donors (Lipinski definition) is 0. The van der Waals surface area contributed by atoms with Gasteiger partial charge < -0.3 is 14.5 Å². The van der Waals surface area contributed by atoms with Gasteiger partial charge in [0.15, 0.2) is 0 Å². The smallest absolute Gasteiger partial charge is 0.337 e. The first kappa shape index (κ1) is 19.5. The Morgan fingerprint density at radius 1 is 1.03 bits per heavy atom. The van der Waals surface area contributed by atoms with Crippen LogP contribution in [0.4, 0.5) is 11.4 Å². The number of fused-ring (bicyclic) bond motifs is 1. The quantitative estimate of drug-likeness (QED) is 0.748. The van der Waals surface area contributed by atoms with E-state index < -0.39 is 0 Å². The number of hydrogen-bond acceptors (Lipinski definition) is 5. The fourth-order valence-corrected chi connectivity index (χ4v) is 4.25. The SMILES string of the molecule is COC(=O)c1ccc(N2CCN(CC(=O)N3CCc4ccccc43)C(C)C2)cc1. The molecule has 2 heterocycles. The molecule has 2 aromatic rings. The van der Waals surface area contributed by atoms with Crippen molar-refractivity contribution >= 4 is 23.3 Å². The summed E-state index contributed by atoms with van der Waals surface area (Å²) in [5.41, 5.74) is 3.96. The van der Waals surface area contributed by atoms with E-state index in [1.165, 1.54) is 12.7 Å². The van der Waals surface area contributed by atoms with Gasteiger partial charge in [0.05, 0.1) is 19.2 Å². The number of piperazine rings is 1. The van der Waals surface area contributed by atoms with E-state index in [2.05, 4.69) is 22.8 Å². The summed E-state index contributed by atoms with van der Waals surface area (Å²) in [6.45, 7) is 5.93. The molecule has 152 valence electrons. The predicted octanol–water partition coefficient (Wildman–Crippen LogP) is 2.57. The Labute approximate surface area is 171 Å². The van der Waals surface area contributed by atoms with E-state index in [4.69, 9.17) is 4.74 Å². The molecule has 4 rings (SSSR count). The van der Waals surface area contributed by atoms with Crippen LogP contribution in [0.1, 0.15) is 22.8 Å². The van der Waals surface area contributed by atoms with Gasteiger partial charge in [0.2, 0.25) is 5.91 Å².